The summed E-state index contributed by atoms with van der Waals surface area (Å²) in [4.78, 5) is 15.8. The van der Waals surface area contributed by atoms with Crippen molar-refractivity contribution >= 4 is 17.6 Å². The second kappa shape index (κ2) is 6.80. The lowest BCUT2D eigenvalue weighted by Gasteiger charge is -2.03. The van der Waals surface area contributed by atoms with Gasteiger partial charge in [-0.3, -0.25) is 0 Å². The summed E-state index contributed by atoms with van der Waals surface area (Å²) in [5.74, 6) is -0.360. The molecule has 0 saturated heterocycles. The van der Waals surface area contributed by atoms with E-state index >= 15 is 0 Å². The first-order valence-electron chi connectivity index (χ1n) is 7.04. The summed E-state index contributed by atoms with van der Waals surface area (Å²) in [7, 11) is 0. The molecule has 0 bridgehead atoms. The summed E-state index contributed by atoms with van der Waals surface area (Å²) >= 11 is 5.67. The smallest absolute Gasteiger partial charge is 0.340 e. The van der Waals surface area contributed by atoms with E-state index in [-0.39, 0.29) is 12.4 Å². The summed E-state index contributed by atoms with van der Waals surface area (Å²) in [5.41, 5.74) is 2.20. The van der Waals surface area contributed by atoms with Crippen LogP contribution in [0.15, 0.2) is 47.1 Å². The molecule has 0 aliphatic carbocycles. The SMILES string of the molecule is Cc1c(COC(=O)c2ccc(Cl)nc2)noc1-c1ccc(F)cc1. The quantitative estimate of drug-likeness (QED) is 0.523. The number of esters is 1. The van der Waals surface area contributed by atoms with Crippen LogP contribution in [0.1, 0.15) is 21.6 Å². The molecule has 5 nitrogen and oxygen atoms in total. The van der Waals surface area contributed by atoms with Crippen molar-refractivity contribution in [3.63, 3.8) is 0 Å². The highest BCUT2D eigenvalue weighted by atomic mass is 35.5. The van der Waals surface area contributed by atoms with Gasteiger partial charge in [0.1, 0.15) is 23.3 Å². The molecule has 0 aliphatic rings. The number of aromatic nitrogens is 2. The highest BCUT2D eigenvalue weighted by molar-refractivity contribution is 6.29. The van der Waals surface area contributed by atoms with Crippen molar-refractivity contribution in [2.45, 2.75) is 13.5 Å². The Bertz CT molecular complexity index is 861. The van der Waals surface area contributed by atoms with Gasteiger partial charge >= 0.3 is 5.97 Å². The van der Waals surface area contributed by atoms with Crippen LogP contribution in [0, 0.1) is 12.7 Å². The molecular formula is C17H12ClFN2O3. The Morgan fingerprint density at radius 1 is 1.25 bits per heavy atom. The fourth-order valence-corrected chi connectivity index (χ4v) is 2.20. The van der Waals surface area contributed by atoms with Crippen molar-refractivity contribution in [3.05, 3.63) is 70.4 Å². The maximum Gasteiger partial charge on any atom is 0.340 e. The highest BCUT2D eigenvalue weighted by Crippen LogP contribution is 2.26. The number of nitrogens with zero attached hydrogens (tertiary/aromatic N) is 2. The van der Waals surface area contributed by atoms with E-state index in [1.165, 1.54) is 30.5 Å². The zero-order chi connectivity index (χ0) is 17.1. The van der Waals surface area contributed by atoms with Gasteiger partial charge < -0.3 is 9.26 Å². The van der Waals surface area contributed by atoms with Crippen molar-refractivity contribution in [1.82, 2.24) is 10.1 Å². The van der Waals surface area contributed by atoms with Crippen LogP contribution in [0.2, 0.25) is 5.15 Å². The lowest BCUT2D eigenvalue weighted by atomic mass is 10.1. The monoisotopic (exact) mass is 346 g/mol. The molecule has 0 saturated carbocycles. The first-order valence-corrected chi connectivity index (χ1v) is 7.42. The molecule has 1 aromatic carbocycles. The number of ether oxygens (including phenoxy) is 1. The third-order valence-corrected chi connectivity index (χ3v) is 3.65. The van der Waals surface area contributed by atoms with Gasteiger partial charge in [0.25, 0.3) is 0 Å². The molecule has 2 heterocycles. The van der Waals surface area contributed by atoms with E-state index in [2.05, 4.69) is 10.1 Å². The van der Waals surface area contributed by atoms with Crippen molar-refractivity contribution in [2.75, 3.05) is 0 Å². The van der Waals surface area contributed by atoms with Gasteiger partial charge in [0.2, 0.25) is 0 Å². The van der Waals surface area contributed by atoms with E-state index in [1.54, 1.807) is 19.1 Å². The van der Waals surface area contributed by atoms with E-state index in [0.717, 1.165) is 5.56 Å². The summed E-state index contributed by atoms with van der Waals surface area (Å²) in [6.45, 7) is 1.75. The van der Waals surface area contributed by atoms with Crippen LogP contribution < -0.4 is 0 Å². The number of pyridine rings is 1. The third kappa shape index (κ3) is 3.44. The molecule has 122 valence electrons. The lowest BCUT2D eigenvalue weighted by molar-refractivity contribution is 0.0463. The molecule has 0 fully saturated rings. The fourth-order valence-electron chi connectivity index (χ4n) is 2.09. The van der Waals surface area contributed by atoms with Gasteiger partial charge in [-0.25, -0.2) is 14.2 Å². The average Bonchev–Trinajstić information content (AvgIpc) is 2.95. The molecule has 24 heavy (non-hydrogen) atoms. The van der Waals surface area contributed by atoms with Gasteiger partial charge in [-0.05, 0) is 43.3 Å². The van der Waals surface area contributed by atoms with E-state index < -0.39 is 5.97 Å². The van der Waals surface area contributed by atoms with Crippen molar-refractivity contribution in [3.8, 4) is 11.3 Å². The minimum Gasteiger partial charge on any atom is -0.455 e. The molecule has 7 heteroatoms. The molecular weight excluding hydrogens is 335 g/mol. The predicted octanol–water partition coefficient (Wildman–Crippen LogP) is 4.19. The molecule has 0 spiro atoms. The van der Waals surface area contributed by atoms with E-state index in [0.29, 0.717) is 27.7 Å². The summed E-state index contributed by atoms with van der Waals surface area (Å²) in [6.07, 6.45) is 1.34. The number of hydrogen-bond donors (Lipinski definition) is 0. The Labute approximate surface area is 142 Å². The van der Waals surface area contributed by atoms with Crippen LogP contribution in [0.4, 0.5) is 4.39 Å². The summed E-state index contributed by atoms with van der Waals surface area (Å²) < 4.78 is 23.5. The minimum absolute atomic E-state index is 0.0437. The molecule has 3 aromatic rings. The molecule has 0 aliphatic heterocycles. The molecule has 0 unspecified atom stereocenters. The number of benzene rings is 1. The van der Waals surface area contributed by atoms with Gasteiger partial charge in [0.05, 0.1) is 5.56 Å². The van der Waals surface area contributed by atoms with Gasteiger partial charge in [-0.1, -0.05) is 16.8 Å². The highest BCUT2D eigenvalue weighted by Gasteiger charge is 2.16. The number of carbonyl (C=O) groups is 1. The number of rotatable bonds is 4. The van der Waals surface area contributed by atoms with Crippen molar-refractivity contribution < 1.29 is 18.4 Å². The molecule has 3 rings (SSSR count). The van der Waals surface area contributed by atoms with Gasteiger partial charge in [0.15, 0.2) is 5.76 Å². The van der Waals surface area contributed by atoms with Crippen LogP contribution in [-0.2, 0) is 11.3 Å². The average molecular weight is 347 g/mol. The van der Waals surface area contributed by atoms with Crippen LogP contribution >= 0.6 is 11.6 Å². The van der Waals surface area contributed by atoms with Gasteiger partial charge in [-0.2, -0.15) is 0 Å². The molecule has 0 N–H and O–H groups in total. The Morgan fingerprint density at radius 3 is 2.67 bits per heavy atom. The first kappa shape index (κ1) is 16.1. The molecule has 0 amide bonds. The van der Waals surface area contributed by atoms with Crippen molar-refractivity contribution in [2.24, 2.45) is 0 Å². The maximum absolute atomic E-state index is 13.0. The number of carbonyl (C=O) groups excluding carboxylic acids is 1. The number of hydrogen-bond acceptors (Lipinski definition) is 5. The molecule has 0 atom stereocenters. The predicted molar refractivity (Wildman–Crippen MR) is 85.0 cm³/mol. The Balaban J connectivity index is 1.71. The fraction of sp³-hybridized carbons (Fsp3) is 0.118. The minimum atomic E-state index is -0.537. The summed E-state index contributed by atoms with van der Waals surface area (Å²) in [5, 5.41) is 4.21. The second-order valence-corrected chi connectivity index (χ2v) is 5.42. The number of halogens is 2. The van der Waals surface area contributed by atoms with Gasteiger partial charge in [0, 0.05) is 17.3 Å². The van der Waals surface area contributed by atoms with E-state index in [1.807, 2.05) is 0 Å². The van der Waals surface area contributed by atoms with Crippen molar-refractivity contribution in [1.29, 1.82) is 0 Å². The maximum atomic E-state index is 13.0. The Hall–Kier alpha value is -2.73. The van der Waals surface area contributed by atoms with E-state index in [4.69, 9.17) is 20.9 Å². The third-order valence-electron chi connectivity index (χ3n) is 3.43. The molecule has 0 radical (unpaired) electrons. The Morgan fingerprint density at radius 2 is 2.00 bits per heavy atom. The van der Waals surface area contributed by atoms with Gasteiger partial charge in [-0.15, -0.1) is 0 Å². The second-order valence-electron chi connectivity index (χ2n) is 5.04. The standard InChI is InChI=1S/C17H12ClFN2O3/c1-10-14(9-23-17(22)12-4-7-15(18)20-8-12)21-24-16(10)11-2-5-13(19)6-3-11/h2-8H,9H2,1H3. The molecule has 2 aromatic heterocycles. The largest absolute Gasteiger partial charge is 0.455 e. The van der Waals surface area contributed by atoms with Crippen LogP contribution in [0.5, 0.6) is 0 Å². The topological polar surface area (TPSA) is 65.2 Å². The van der Waals surface area contributed by atoms with Crippen LogP contribution in [-0.4, -0.2) is 16.1 Å². The van der Waals surface area contributed by atoms with Crippen LogP contribution in [0.25, 0.3) is 11.3 Å². The zero-order valence-corrected chi connectivity index (χ0v) is 13.4. The Kier molecular flexibility index (Phi) is 4.57. The lowest BCUT2D eigenvalue weighted by Crippen LogP contribution is -2.06. The zero-order valence-electron chi connectivity index (χ0n) is 12.6. The summed E-state index contributed by atoms with van der Waals surface area (Å²) in [6, 6.07) is 8.90. The van der Waals surface area contributed by atoms with Crippen LogP contribution in [0.3, 0.4) is 0 Å². The van der Waals surface area contributed by atoms with E-state index in [9.17, 15) is 9.18 Å². The first-order chi connectivity index (χ1) is 11.5. The normalized spacial score (nSPS) is 10.6.